The van der Waals surface area contributed by atoms with E-state index in [1.165, 1.54) is 12.1 Å². The molecule has 0 aromatic carbocycles. The SMILES string of the molecule is COCCN(CCOC)C(=O)c1ccc(=O)[nH]n1. The standard InChI is InChI=1S/C11H17N3O4/c1-17-7-5-14(6-8-18-2)11(16)9-3-4-10(15)13-12-9/h3-4H,5-8H2,1-2H3,(H,13,15). The van der Waals surface area contributed by atoms with Gasteiger partial charge in [-0.05, 0) is 6.07 Å². The molecule has 0 fully saturated rings. The summed E-state index contributed by atoms with van der Waals surface area (Å²) >= 11 is 0. The summed E-state index contributed by atoms with van der Waals surface area (Å²) in [7, 11) is 3.13. The molecule has 100 valence electrons. The van der Waals surface area contributed by atoms with Crippen LogP contribution in [-0.2, 0) is 9.47 Å². The first-order valence-electron chi connectivity index (χ1n) is 5.52. The second-order valence-corrected chi connectivity index (χ2v) is 3.58. The van der Waals surface area contributed by atoms with Crippen LogP contribution in [0.1, 0.15) is 10.5 Å². The van der Waals surface area contributed by atoms with Gasteiger partial charge in [-0.2, -0.15) is 5.10 Å². The summed E-state index contributed by atoms with van der Waals surface area (Å²) in [5, 5.41) is 5.94. The summed E-state index contributed by atoms with van der Waals surface area (Å²) < 4.78 is 9.89. The third-order valence-electron chi connectivity index (χ3n) is 2.32. The van der Waals surface area contributed by atoms with E-state index < -0.39 is 0 Å². The van der Waals surface area contributed by atoms with Crippen LogP contribution in [0, 0.1) is 0 Å². The molecule has 0 bridgehead atoms. The van der Waals surface area contributed by atoms with E-state index in [0.717, 1.165) is 0 Å². The normalized spacial score (nSPS) is 10.3. The van der Waals surface area contributed by atoms with Gasteiger partial charge in [0.05, 0.1) is 13.2 Å². The van der Waals surface area contributed by atoms with E-state index in [-0.39, 0.29) is 17.2 Å². The number of aromatic nitrogens is 2. The number of hydrogen-bond donors (Lipinski definition) is 1. The number of aromatic amines is 1. The second kappa shape index (κ2) is 7.57. The van der Waals surface area contributed by atoms with Crippen LogP contribution < -0.4 is 5.56 Å². The number of amides is 1. The highest BCUT2D eigenvalue weighted by atomic mass is 16.5. The maximum Gasteiger partial charge on any atom is 0.274 e. The summed E-state index contributed by atoms with van der Waals surface area (Å²) in [4.78, 5) is 24.5. The number of rotatable bonds is 7. The Labute approximate surface area is 105 Å². The Bertz CT molecular complexity index is 404. The van der Waals surface area contributed by atoms with E-state index in [9.17, 15) is 9.59 Å². The largest absolute Gasteiger partial charge is 0.383 e. The van der Waals surface area contributed by atoms with Crippen molar-refractivity contribution in [1.82, 2.24) is 15.1 Å². The first kappa shape index (κ1) is 14.3. The van der Waals surface area contributed by atoms with Crippen LogP contribution in [0.25, 0.3) is 0 Å². The summed E-state index contributed by atoms with van der Waals surface area (Å²) in [6, 6.07) is 2.67. The van der Waals surface area contributed by atoms with Crippen molar-refractivity contribution >= 4 is 5.91 Å². The van der Waals surface area contributed by atoms with Gasteiger partial charge in [-0.3, -0.25) is 9.59 Å². The van der Waals surface area contributed by atoms with Crippen LogP contribution in [0.5, 0.6) is 0 Å². The minimum Gasteiger partial charge on any atom is -0.383 e. The molecular formula is C11H17N3O4. The fourth-order valence-electron chi connectivity index (χ4n) is 1.34. The van der Waals surface area contributed by atoms with Gasteiger partial charge in [-0.25, -0.2) is 5.10 Å². The molecule has 7 heteroatoms. The van der Waals surface area contributed by atoms with Crippen LogP contribution in [0.2, 0.25) is 0 Å². The number of carbonyl (C=O) groups excluding carboxylic acids is 1. The highest BCUT2D eigenvalue weighted by Gasteiger charge is 2.16. The third kappa shape index (κ3) is 4.27. The molecule has 0 unspecified atom stereocenters. The number of ether oxygens (including phenoxy) is 2. The molecule has 0 spiro atoms. The summed E-state index contributed by atoms with van der Waals surface area (Å²) in [5.41, 5.74) is -0.145. The van der Waals surface area contributed by atoms with Gasteiger partial charge < -0.3 is 14.4 Å². The van der Waals surface area contributed by atoms with Gasteiger partial charge >= 0.3 is 0 Å². The zero-order chi connectivity index (χ0) is 13.4. The van der Waals surface area contributed by atoms with Crippen molar-refractivity contribution in [1.29, 1.82) is 0 Å². The average molecular weight is 255 g/mol. The molecule has 0 saturated heterocycles. The smallest absolute Gasteiger partial charge is 0.274 e. The third-order valence-corrected chi connectivity index (χ3v) is 2.32. The quantitative estimate of drug-likeness (QED) is 0.710. The topological polar surface area (TPSA) is 84.5 Å². The lowest BCUT2D eigenvalue weighted by Gasteiger charge is -2.21. The number of carbonyl (C=O) groups is 1. The van der Waals surface area contributed by atoms with Gasteiger partial charge in [0.1, 0.15) is 5.69 Å². The molecule has 1 rings (SSSR count). The summed E-state index contributed by atoms with van der Waals surface area (Å²) in [6.07, 6.45) is 0. The molecule has 1 aromatic rings. The van der Waals surface area contributed by atoms with Crippen LogP contribution in [-0.4, -0.2) is 61.5 Å². The van der Waals surface area contributed by atoms with Crippen molar-refractivity contribution in [3.63, 3.8) is 0 Å². The Morgan fingerprint density at radius 1 is 1.28 bits per heavy atom. The van der Waals surface area contributed by atoms with Crippen molar-refractivity contribution in [2.75, 3.05) is 40.5 Å². The maximum atomic E-state index is 12.1. The molecule has 7 nitrogen and oxygen atoms in total. The molecule has 0 aliphatic heterocycles. The molecule has 0 aliphatic rings. The van der Waals surface area contributed by atoms with E-state index in [1.54, 1.807) is 19.1 Å². The second-order valence-electron chi connectivity index (χ2n) is 3.58. The van der Waals surface area contributed by atoms with Crippen LogP contribution in [0.3, 0.4) is 0 Å². The van der Waals surface area contributed by atoms with E-state index in [2.05, 4.69) is 10.2 Å². The zero-order valence-corrected chi connectivity index (χ0v) is 10.5. The Morgan fingerprint density at radius 3 is 2.33 bits per heavy atom. The molecular weight excluding hydrogens is 238 g/mol. The predicted octanol–water partition coefficient (Wildman–Crippen LogP) is -0.495. The molecule has 1 heterocycles. The monoisotopic (exact) mass is 255 g/mol. The van der Waals surface area contributed by atoms with Crippen molar-refractivity contribution in [3.05, 3.63) is 28.2 Å². The molecule has 1 amide bonds. The van der Waals surface area contributed by atoms with E-state index in [1.807, 2.05) is 0 Å². The minimum atomic E-state index is -0.341. The summed E-state index contributed by atoms with van der Waals surface area (Å²) in [6.45, 7) is 1.75. The molecule has 18 heavy (non-hydrogen) atoms. The average Bonchev–Trinajstić information content (AvgIpc) is 2.39. The number of hydrogen-bond acceptors (Lipinski definition) is 5. The van der Waals surface area contributed by atoms with Gasteiger partial charge in [-0.15, -0.1) is 0 Å². The van der Waals surface area contributed by atoms with Crippen molar-refractivity contribution in [2.45, 2.75) is 0 Å². The van der Waals surface area contributed by atoms with Gasteiger partial charge in [0.25, 0.3) is 11.5 Å². The highest BCUT2D eigenvalue weighted by molar-refractivity contribution is 5.92. The van der Waals surface area contributed by atoms with Crippen LogP contribution in [0.15, 0.2) is 16.9 Å². The van der Waals surface area contributed by atoms with Crippen molar-refractivity contribution in [3.8, 4) is 0 Å². The van der Waals surface area contributed by atoms with E-state index in [4.69, 9.17) is 9.47 Å². The molecule has 0 aliphatic carbocycles. The van der Waals surface area contributed by atoms with Crippen LogP contribution in [0.4, 0.5) is 0 Å². The van der Waals surface area contributed by atoms with Crippen molar-refractivity contribution < 1.29 is 14.3 Å². The number of methoxy groups -OCH3 is 2. The first-order valence-corrected chi connectivity index (χ1v) is 5.52. The Hall–Kier alpha value is -1.73. The molecule has 0 saturated carbocycles. The lowest BCUT2D eigenvalue weighted by Crippen LogP contribution is -2.37. The van der Waals surface area contributed by atoms with E-state index >= 15 is 0 Å². The Morgan fingerprint density at radius 2 is 1.89 bits per heavy atom. The molecule has 0 radical (unpaired) electrons. The lowest BCUT2D eigenvalue weighted by molar-refractivity contribution is 0.0620. The van der Waals surface area contributed by atoms with Gasteiger partial charge in [0.15, 0.2) is 0 Å². The van der Waals surface area contributed by atoms with Crippen LogP contribution >= 0.6 is 0 Å². The number of nitrogens with one attached hydrogen (secondary N) is 1. The highest BCUT2D eigenvalue weighted by Crippen LogP contribution is 1.99. The summed E-state index contributed by atoms with van der Waals surface area (Å²) in [5.74, 6) is -0.264. The van der Waals surface area contributed by atoms with Gasteiger partial charge in [0.2, 0.25) is 0 Å². The van der Waals surface area contributed by atoms with E-state index in [0.29, 0.717) is 26.3 Å². The lowest BCUT2D eigenvalue weighted by atomic mass is 10.3. The predicted molar refractivity (Wildman–Crippen MR) is 64.5 cm³/mol. The Balaban J connectivity index is 2.73. The van der Waals surface area contributed by atoms with Gasteiger partial charge in [0, 0.05) is 33.4 Å². The number of nitrogens with zero attached hydrogens (tertiary/aromatic N) is 2. The minimum absolute atomic E-state index is 0.196. The fraction of sp³-hybridized carbons (Fsp3) is 0.545. The maximum absolute atomic E-state index is 12.1. The molecule has 0 atom stereocenters. The Kier molecular flexibility index (Phi) is 6.03. The molecule has 1 N–H and O–H groups in total. The van der Waals surface area contributed by atoms with Gasteiger partial charge in [-0.1, -0.05) is 0 Å². The number of H-pyrrole nitrogens is 1. The van der Waals surface area contributed by atoms with Crippen molar-refractivity contribution in [2.24, 2.45) is 0 Å². The fourth-order valence-corrected chi connectivity index (χ4v) is 1.34. The molecule has 1 aromatic heterocycles. The zero-order valence-electron chi connectivity index (χ0n) is 10.5. The first-order chi connectivity index (χ1) is 8.69.